The Morgan fingerprint density at radius 1 is 1.14 bits per heavy atom. The fourth-order valence-electron chi connectivity index (χ4n) is 4.68. The monoisotopic (exact) mass is 391 g/mol. The lowest BCUT2D eigenvalue weighted by Gasteiger charge is -2.31. The van der Waals surface area contributed by atoms with Crippen molar-refractivity contribution in [2.24, 2.45) is 0 Å². The van der Waals surface area contributed by atoms with Crippen LogP contribution >= 0.6 is 0 Å². The highest BCUT2D eigenvalue weighted by molar-refractivity contribution is 5.87. The average molecular weight is 391 g/mol. The molecule has 0 spiro atoms. The van der Waals surface area contributed by atoms with Gasteiger partial charge in [-0.3, -0.25) is 4.90 Å². The van der Waals surface area contributed by atoms with Crippen LogP contribution in [0.15, 0.2) is 39.5 Å². The standard InChI is InChI=1S/C24H25NO4/c1-15-22-17(11-21-19-8-3-4-9-20(19)24(26)29-23(15)21)13-25(14-28-22)12-16-6-5-7-18(10-16)27-2/h5-7,10-11H,3-4,8-9,12-14H2,1-2H3. The molecule has 2 aliphatic rings. The highest BCUT2D eigenvalue weighted by Crippen LogP contribution is 2.38. The van der Waals surface area contributed by atoms with Gasteiger partial charge in [0, 0.05) is 35.2 Å². The lowest BCUT2D eigenvalue weighted by molar-refractivity contribution is 0.0880. The molecule has 5 nitrogen and oxygen atoms in total. The zero-order chi connectivity index (χ0) is 20.0. The Labute approximate surface area is 169 Å². The molecule has 3 aromatic rings. The van der Waals surface area contributed by atoms with Crippen LogP contribution in [0.3, 0.4) is 0 Å². The normalized spacial score (nSPS) is 16.2. The second-order valence-electron chi connectivity index (χ2n) is 8.03. The largest absolute Gasteiger partial charge is 0.497 e. The lowest BCUT2D eigenvalue weighted by Crippen LogP contribution is -2.32. The molecule has 1 aromatic heterocycles. The van der Waals surface area contributed by atoms with E-state index in [2.05, 4.69) is 23.1 Å². The van der Waals surface area contributed by atoms with E-state index in [0.717, 1.165) is 72.3 Å². The zero-order valence-corrected chi connectivity index (χ0v) is 16.9. The zero-order valence-electron chi connectivity index (χ0n) is 16.9. The van der Waals surface area contributed by atoms with E-state index in [9.17, 15) is 4.79 Å². The van der Waals surface area contributed by atoms with E-state index >= 15 is 0 Å². The number of hydrogen-bond donors (Lipinski definition) is 0. The number of aryl methyl sites for hydroxylation is 2. The number of hydrogen-bond acceptors (Lipinski definition) is 5. The van der Waals surface area contributed by atoms with Crippen molar-refractivity contribution in [2.75, 3.05) is 13.8 Å². The van der Waals surface area contributed by atoms with Gasteiger partial charge in [-0.2, -0.15) is 0 Å². The third-order valence-corrected chi connectivity index (χ3v) is 6.10. The molecule has 2 aromatic carbocycles. The summed E-state index contributed by atoms with van der Waals surface area (Å²) in [6.45, 7) is 4.09. The van der Waals surface area contributed by atoms with E-state index in [4.69, 9.17) is 13.9 Å². The van der Waals surface area contributed by atoms with Gasteiger partial charge in [0.1, 0.15) is 23.8 Å². The van der Waals surface area contributed by atoms with Crippen LogP contribution in [-0.2, 0) is 25.9 Å². The molecule has 0 radical (unpaired) electrons. The Kier molecular flexibility index (Phi) is 4.55. The highest BCUT2D eigenvalue weighted by Gasteiger charge is 2.25. The molecule has 1 aliphatic carbocycles. The Balaban J connectivity index is 1.52. The number of benzene rings is 2. The molecular weight excluding hydrogens is 366 g/mol. The SMILES string of the molecule is COc1cccc(CN2COc3c(cc4c5c(c(=O)oc4c3C)CCCC5)C2)c1. The summed E-state index contributed by atoms with van der Waals surface area (Å²) < 4.78 is 17.2. The van der Waals surface area contributed by atoms with Gasteiger partial charge in [-0.15, -0.1) is 0 Å². The predicted octanol–water partition coefficient (Wildman–Crippen LogP) is 4.34. The molecule has 0 bridgehead atoms. The van der Waals surface area contributed by atoms with Gasteiger partial charge in [-0.05, 0) is 61.9 Å². The topological polar surface area (TPSA) is 51.9 Å². The summed E-state index contributed by atoms with van der Waals surface area (Å²) in [4.78, 5) is 14.8. The van der Waals surface area contributed by atoms with Crippen molar-refractivity contribution in [3.8, 4) is 11.5 Å². The second-order valence-corrected chi connectivity index (χ2v) is 8.03. The Morgan fingerprint density at radius 3 is 2.79 bits per heavy atom. The van der Waals surface area contributed by atoms with Crippen LogP contribution in [0.4, 0.5) is 0 Å². The first-order chi connectivity index (χ1) is 14.1. The number of fused-ring (bicyclic) bond motifs is 4. The Bertz CT molecular complexity index is 1150. The van der Waals surface area contributed by atoms with Gasteiger partial charge < -0.3 is 13.9 Å². The quantitative estimate of drug-likeness (QED) is 0.622. The molecule has 0 fully saturated rings. The highest BCUT2D eigenvalue weighted by atomic mass is 16.5. The summed E-state index contributed by atoms with van der Waals surface area (Å²) in [5.41, 5.74) is 5.85. The van der Waals surface area contributed by atoms with Crippen molar-refractivity contribution in [3.05, 3.63) is 68.6 Å². The maximum Gasteiger partial charge on any atom is 0.339 e. The van der Waals surface area contributed by atoms with Gasteiger partial charge in [-0.25, -0.2) is 4.79 Å². The maximum absolute atomic E-state index is 12.5. The van der Waals surface area contributed by atoms with E-state index in [1.807, 2.05) is 19.1 Å². The molecule has 0 unspecified atom stereocenters. The van der Waals surface area contributed by atoms with Crippen LogP contribution in [0.1, 0.15) is 40.7 Å². The molecule has 0 amide bonds. The predicted molar refractivity (Wildman–Crippen MR) is 112 cm³/mol. The second kappa shape index (κ2) is 7.23. The number of methoxy groups -OCH3 is 1. The third kappa shape index (κ3) is 3.19. The fraction of sp³-hybridized carbons (Fsp3) is 0.375. The van der Waals surface area contributed by atoms with Crippen molar-refractivity contribution in [3.63, 3.8) is 0 Å². The van der Waals surface area contributed by atoms with Crippen LogP contribution in [0.2, 0.25) is 0 Å². The van der Waals surface area contributed by atoms with E-state index < -0.39 is 0 Å². The molecule has 0 saturated carbocycles. The van der Waals surface area contributed by atoms with Crippen LogP contribution in [0.25, 0.3) is 11.0 Å². The van der Waals surface area contributed by atoms with Gasteiger partial charge in [0.05, 0.1) is 7.11 Å². The summed E-state index contributed by atoms with van der Waals surface area (Å²) in [5, 5.41) is 1.09. The van der Waals surface area contributed by atoms with Crippen molar-refractivity contribution in [1.29, 1.82) is 0 Å². The van der Waals surface area contributed by atoms with E-state index in [-0.39, 0.29) is 5.63 Å². The summed E-state index contributed by atoms with van der Waals surface area (Å²) in [6, 6.07) is 10.3. The van der Waals surface area contributed by atoms with Crippen LogP contribution in [0.5, 0.6) is 11.5 Å². The minimum Gasteiger partial charge on any atom is -0.497 e. The molecule has 29 heavy (non-hydrogen) atoms. The van der Waals surface area contributed by atoms with Crippen LogP contribution in [-0.4, -0.2) is 18.7 Å². The first kappa shape index (κ1) is 18.3. The van der Waals surface area contributed by atoms with Gasteiger partial charge in [-0.1, -0.05) is 12.1 Å². The van der Waals surface area contributed by atoms with Gasteiger partial charge in [0.25, 0.3) is 0 Å². The van der Waals surface area contributed by atoms with E-state index in [0.29, 0.717) is 12.3 Å². The van der Waals surface area contributed by atoms with Crippen molar-refractivity contribution in [1.82, 2.24) is 4.90 Å². The van der Waals surface area contributed by atoms with E-state index in [1.54, 1.807) is 7.11 Å². The van der Waals surface area contributed by atoms with Crippen molar-refractivity contribution in [2.45, 2.75) is 45.7 Å². The van der Waals surface area contributed by atoms with Crippen LogP contribution < -0.4 is 15.1 Å². The molecule has 150 valence electrons. The molecule has 0 saturated heterocycles. The fourth-order valence-corrected chi connectivity index (χ4v) is 4.68. The molecule has 1 aliphatic heterocycles. The van der Waals surface area contributed by atoms with Crippen molar-refractivity contribution < 1.29 is 13.9 Å². The van der Waals surface area contributed by atoms with E-state index in [1.165, 1.54) is 11.1 Å². The summed E-state index contributed by atoms with van der Waals surface area (Å²) in [5.74, 6) is 1.72. The smallest absolute Gasteiger partial charge is 0.339 e. The molecule has 2 heterocycles. The van der Waals surface area contributed by atoms with Crippen LogP contribution in [0, 0.1) is 6.92 Å². The average Bonchev–Trinajstić information content (AvgIpc) is 2.75. The van der Waals surface area contributed by atoms with Gasteiger partial charge >= 0.3 is 5.63 Å². The summed E-state index contributed by atoms with van der Waals surface area (Å²) in [6.07, 6.45) is 3.96. The number of nitrogens with zero attached hydrogens (tertiary/aromatic N) is 1. The molecule has 0 atom stereocenters. The number of rotatable bonds is 3. The Morgan fingerprint density at radius 2 is 1.97 bits per heavy atom. The van der Waals surface area contributed by atoms with Crippen molar-refractivity contribution >= 4 is 11.0 Å². The first-order valence-corrected chi connectivity index (χ1v) is 10.2. The first-order valence-electron chi connectivity index (χ1n) is 10.2. The lowest BCUT2D eigenvalue weighted by atomic mass is 9.89. The molecular formula is C24H25NO4. The minimum atomic E-state index is -0.175. The third-order valence-electron chi connectivity index (χ3n) is 6.10. The minimum absolute atomic E-state index is 0.175. The maximum atomic E-state index is 12.5. The molecule has 0 N–H and O–H groups in total. The van der Waals surface area contributed by atoms with Gasteiger partial charge in [0.2, 0.25) is 0 Å². The molecule has 5 heteroatoms. The summed E-state index contributed by atoms with van der Waals surface area (Å²) in [7, 11) is 1.69. The Hall–Kier alpha value is -2.79. The van der Waals surface area contributed by atoms with Gasteiger partial charge in [0.15, 0.2) is 0 Å². The number of ether oxygens (including phenoxy) is 2. The molecule has 5 rings (SSSR count). The summed E-state index contributed by atoms with van der Waals surface area (Å²) >= 11 is 0.